The number of nitrogens with zero attached hydrogens (tertiary/aromatic N) is 1. The molecule has 0 spiro atoms. The van der Waals surface area contributed by atoms with Crippen molar-refractivity contribution in [1.29, 1.82) is 0 Å². The van der Waals surface area contributed by atoms with E-state index < -0.39 is 33.2 Å². The summed E-state index contributed by atoms with van der Waals surface area (Å²) in [5, 5.41) is 0.0933. The first-order chi connectivity index (χ1) is 14.5. The number of alkyl halides is 3. The largest absolute Gasteiger partial charge is 0.416 e. The number of carbonyl (C=O) groups is 1. The maximum atomic E-state index is 13.2. The van der Waals surface area contributed by atoms with Gasteiger partial charge in [-0.15, -0.1) is 11.8 Å². The maximum Gasteiger partial charge on any atom is 0.416 e. The number of benzene rings is 2. The first-order valence-electron chi connectivity index (χ1n) is 9.98. The Balaban J connectivity index is 1.74. The van der Waals surface area contributed by atoms with Crippen molar-refractivity contribution in [1.82, 2.24) is 0 Å². The number of halogens is 3. The third-order valence-corrected chi connectivity index (χ3v) is 7.91. The second-order valence-electron chi connectivity index (χ2n) is 7.62. The second-order valence-corrected chi connectivity index (χ2v) is 11.3. The fourth-order valence-corrected chi connectivity index (χ4v) is 5.80. The van der Waals surface area contributed by atoms with Crippen LogP contribution in [0.2, 0.25) is 0 Å². The van der Waals surface area contributed by atoms with Crippen molar-refractivity contribution in [3.63, 3.8) is 0 Å². The summed E-state index contributed by atoms with van der Waals surface area (Å²) < 4.78 is 64.7. The summed E-state index contributed by atoms with van der Waals surface area (Å²) in [6.45, 7) is 2.11. The molecule has 2 aromatic carbocycles. The van der Waals surface area contributed by atoms with Gasteiger partial charge in [-0.25, -0.2) is 8.42 Å². The van der Waals surface area contributed by atoms with Gasteiger partial charge in [-0.2, -0.15) is 13.2 Å². The van der Waals surface area contributed by atoms with Crippen LogP contribution < -0.4 is 4.90 Å². The predicted octanol–water partition coefficient (Wildman–Crippen LogP) is 4.97. The van der Waals surface area contributed by atoms with Crippen molar-refractivity contribution >= 4 is 33.2 Å². The average molecular weight is 472 g/mol. The Kier molecular flexibility index (Phi) is 7.36. The first kappa shape index (κ1) is 23.7. The number of anilines is 1. The zero-order valence-electron chi connectivity index (χ0n) is 17.1. The number of amides is 1. The van der Waals surface area contributed by atoms with Crippen molar-refractivity contribution in [2.75, 3.05) is 23.0 Å². The van der Waals surface area contributed by atoms with E-state index in [2.05, 4.69) is 0 Å². The molecule has 9 heteroatoms. The van der Waals surface area contributed by atoms with Gasteiger partial charge in [-0.3, -0.25) is 4.79 Å². The van der Waals surface area contributed by atoms with Crippen LogP contribution in [0.1, 0.15) is 30.9 Å². The van der Waals surface area contributed by atoms with Crippen LogP contribution in [-0.2, 0) is 27.2 Å². The van der Waals surface area contributed by atoms with Crippen LogP contribution in [0.5, 0.6) is 0 Å². The number of fused-ring (bicyclic) bond motifs is 1. The van der Waals surface area contributed by atoms with E-state index in [0.29, 0.717) is 24.2 Å². The first-order valence-corrected chi connectivity index (χ1v) is 12.7. The van der Waals surface area contributed by atoms with Crippen molar-refractivity contribution in [3.8, 4) is 0 Å². The third kappa shape index (κ3) is 6.49. The lowest BCUT2D eigenvalue weighted by atomic mass is 10.1. The number of aryl methyl sites for hydroxylation is 1. The van der Waals surface area contributed by atoms with Gasteiger partial charge >= 0.3 is 6.18 Å². The molecule has 0 aliphatic carbocycles. The molecule has 168 valence electrons. The van der Waals surface area contributed by atoms with Gasteiger partial charge in [0.1, 0.15) is 5.75 Å². The van der Waals surface area contributed by atoms with E-state index in [-0.39, 0.29) is 23.2 Å². The van der Waals surface area contributed by atoms with Gasteiger partial charge in [-0.05, 0) is 43.0 Å². The Morgan fingerprint density at radius 3 is 2.55 bits per heavy atom. The summed E-state index contributed by atoms with van der Waals surface area (Å²) in [5.74, 6) is -1.55. The highest BCUT2D eigenvalue weighted by Crippen LogP contribution is 2.41. The Labute approximate surface area is 184 Å². The Bertz CT molecular complexity index is 1020. The van der Waals surface area contributed by atoms with E-state index in [4.69, 9.17) is 0 Å². The van der Waals surface area contributed by atoms with Crippen LogP contribution in [0.15, 0.2) is 53.4 Å². The molecule has 1 aliphatic rings. The fraction of sp³-hybridized carbons (Fsp3) is 0.409. The van der Waals surface area contributed by atoms with Gasteiger partial charge in [0.05, 0.1) is 17.0 Å². The standard InChI is InChI=1S/C22H24F3NO3S2/c1-16-11-12-26(19-14-18(22(23,24)25)9-10-20(19)30-16)21(27)15-31(28,29)13-5-8-17-6-3-2-4-7-17/h2-4,6-7,9-10,14,16H,5,8,11-13,15H2,1H3. The van der Waals surface area contributed by atoms with Crippen molar-refractivity contribution in [2.24, 2.45) is 0 Å². The number of carbonyl (C=O) groups excluding carboxylic acids is 1. The molecule has 1 aliphatic heterocycles. The van der Waals surface area contributed by atoms with Crippen LogP contribution in [0.25, 0.3) is 0 Å². The van der Waals surface area contributed by atoms with Crippen LogP contribution >= 0.6 is 11.8 Å². The molecule has 31 heavy (non-hydrogen) atoms. The molecule has 0 aromatic heterocycles. The molecule has 0 N–H and O–H groups in total. The Hall–Kier alpha value is -2.00. The molecule has 0 bridgehead atoms. The highest BCUT2D eigenvalue weighted by molar-refractivity contribution is 8.00. The minimum absolute atomic E-state index is 0.0933. The van der Waals surface area contributed by atoms with E-state index in [1.165, 1.54) is 22.7 Å². The van der Waals surface area contributed by atoms with Crippen molar-refractivity contribution < 1.29 is 26.4 Å². The van der Waals surface area contributed by atoms with Crippen LogP contribution in [0.3, 0.4) is 0 Å². The highest BCUT2D eigenvalue weighted by Gasteiger charge is 2.34. The molecular formula is C22H24F3NO3S2. The molecule has 2 aromatic rings. The van der Waals surface area contributed by atoms with Gasteiger partial charge < -0.3 is 4.90 Å². The lowest BCUT2D eigenvalue weighted by molar-refractivity contribution is -0.137. The maximum absolute atomic E-state index is 13.2. The normalized spacial score (nSPS) is 17.2. The summed E-state index contributed by atoms with van der Waals surface area (Å²) in [4.78, 5) is 14.6. The molecule has 1 atom stereocenters. The second kappa shape index (κ2) is 9.65. The van der Waals surface area contributed by atoms with Crippen LogP contribution in [0, 0.1) is 0 Å². The molecule has 4 nitrogen and oxygen atoms in total. The van der Waals surface area contributed by atoms with Crippen molar-refractivity contribution in [3.05, 3.63) is 59.7 Å². The molecule has 1 heterocycles. The number of hydrogen-bond acceptors (Lipinski definition) is 4. The smallest absolute Gasteiger partial charge is 0.310 e. The zero-order valence-corrected chi connectivity index (χ0v) is 18.7. The third-order valence-electron chi connectivity index (χ3n) is 5.07. The SMILES string of the molecule is CC1CCN(C(=O)CS(=O)(=O)CCCc2ccccc2)c2cc(C(F)(F)F)ccc2S1. The Morgan fingerprint density at radius 1 is 1.16 bits per heavy atom. The molecule has 3 rings (SSSR count). The molecule has 0 saturated heterocycles. The summed E-state index contributed by atoms with van der Waals surface area (Å²) >= 11 is 1.39. The summed E-state index contributed by atoms with van der Waals surface area (Å²) in [5.41, 5.74) is 0.287. The van der Waals surface area contributed by atoms with Gasteiger partial charge in [0.2, 0.25) is 5.91 Å². The van der Waals surface area contributed by atoms with E-state index >= 15 is 0 Å². The van der Waals surface area contributed by atoms with E-state index in [0.717, 1.165) is 17.7 Å². The highest BCUT2D eigenvalue weighted by atomic mass is 32.2. The van der Waals surface area contributed by atoms with Gasteiger partial charge in [0.25, 0.3) is 0 Å². The quantitative estimate of drug-likeness (QED) is 0.597. The number of sulfone groups is 1. The topological polar surface area (TPSA) is 54.5 Å². The van der Waals surface area contributed by atoms with Crippen molar-refractivity contribution in [2.45, 2.75) is 42.5 Å². The number of rotatable bonds is 6. The molecule has 0 saturated carbocycles. The summed E-state index contributed by atoms with van der Waals surface area (Å²) in [7, 11) is -3.69. The van der Waals surface area contributed by atoms with Crippen LogP contribution in [-0.4, -0.2) is 37.6 Å². The fourth-order valence-electron chi connectivity index (χ4n) is 3.45. The van der Waals surface area contributed by atoms with Crippen LogP contribution in [0.4, 0.5) is 18.9 Å². The van der Waals surface area contributed by atoms with Gasteiger partial charge in [0, 0.05) is 16.7 Å². The average Bonchev–Trinajstić information content (AvgIpc) is 2.85. The van der Waals surface area contributed by atoms with Gasteiger partial charge in [-0.1, -0.05) is 37.3 Å². The molecule has 0 fully saturated rings. The summed E-state index contributed by atoms with van der Waals surface area (Å²) in [6, 6.07) is 12.7. The molecule has 1 amide bonds. The predicted molar refractivity (Wildman–Crippen MR) is 117 cm³/mol. The van der Waals surface area contributed by atoms with E-state index in [9.17, 15) is 26.4 Å². The van der Waals surface area contributed by atoms with Gasteiger partial charge in [0.15, 0.2) is 9.84 Å². The minimum atomic E-state index is -4.55. The number of hydrogen-bond donors (Lipinski definition) is 0. The molecule has 1 unspecified atom stereocenters. The molecular weight excluding hydrogens is 447 g/mol. The Morgan fingerprint density at radius 2 is 1.87 bits per heavy atom. The summed E-state index contributed by atoms with van der Waals surface area (Å²) in [6.07, 6.45) is -3.04. The lowest BCUT2D eigenvalue weighted by Gasteiger charge is -2.23. The lowest BCUT2D eigenvalue weighted by Crippen LogP contribution is -2.37. The zero-order chi connectivity index (χ0) is 22.6. The molecule has 0 radical (unpaired) electrons. The monoisotopic (exact) mass is 471 g/mol. The minimum Gasteiger partial charge on any atom is -0.310 e. The number of thioether (sulfide) groups is 1. The van der Waals surface area contributed by atoms with E-state index in [1.807, 2.05) is 37.3 Å². The van der Waals surface area contributed by atoms with E-state index in [1.54, 1.807) is 0 Å².